The van der Waals surface area contributed by atoms with Crippen LogP contribution in [-0.4, -0.2) is 45.2 Å². The maximum absolute atomic E-state index is 12.3. The fraction of sp³-hybridized carbons (Fsp3) is 0.308. The molecule has 1 saturated heterocycles. The number of hydrogen-bond donors (Lipinski definition) is 2. The molecule has 1 aliphatic rings. The number of aromatic carboxylic acids is 1. The Kier molecular flexibility index (Phi) is 2.70. The van der Waals surface area contributed by atoms with Crippen LogP contribution in [0.25, 0.3) is 10.9 Å². The lowest BCUT2D eigenvalue weighted by Gasteiger charge is -2.13. The van der Waals surface area contributed by atoms with Crippen molar-refractivity contribution < 1.29 is 14.7 Å². The van der Waals surface area contributed by atoms with Crippen LogP contribution in [0.5, 0.6) is 0 Å². The number of carbonyl (C=O) groups is 2. The summed E-state index contributed by atoms with van der Waals surface area (Å²) in [6, 6.07) is 4.62. The predicted molar refractivity (Wildman–Crippen MR) is 68.2 cm³/mol. The summed E-state index contributed by atoms with van der Waals surface area (Å²) in [7, 11) is 0. The van der Waals surface area contributed by atoms with Crippen LogP contribution < -0.4 is 0 Å². The zero-order valence-electron chi connectivity index (χ0n) is 10.2. The number of benzene rings is 1. The highest BCUT2D eigenvalue weighted by molar-refractivity contribution is 6.06. The van der Waals surface area contributed by atoms with E-state index >= 15 is 0 Å². The molecular weight excluding hydrogens is 246 g/mol. The van der Waals surface area contributed by atoms with Crippen molar-refractivity contribution in [3.8, 4) is 0 Å². The van der Waals surface area contributed by atoms with E-state index in [-0.39, 0.29) is 11.5 Å². The first-order valence-electron chi connectivity index (χ1n) is 6.17. The lowest BCUT2D eigenvalue weighted by molar-refractivity contribution is 0.0696. The second-order valence-corrected chi connectivity index (χ2v) is 4.64. The Morgan fingerprint density at radius 3 is 2.68 bits per heavy atom. The fourth-order valence-electron chi connectivity index (χ4n) is 2.38. The van der Waals surface area contributed by atoms with Crippen LogP contribution in [0.2, 0.25) is 0 Å². The number of amides is 1. The molecule has 1 fully saturated rings. The normalized spacial score (nSPS) is 15.1. The molecule has 1 aliphatic heterocycles. The van der Waals surface area contributed by atoms with Crippen LogP contribution in [0.1, 0.15) is 33.7 Å². The summed E-state index contributed by atoms with van der Waals surface area (Å²) in [5.41, 5.74) is 1.14. The summed E-state index contributed by atoms with van der Waals surface area (Å²) < 4.78 is 0. The average molecular weight is 259 g/mol. The highest BCUT2D eigenvalue weighted by atomic mass is 16.4. The third-order valence-corrected chi connectivity index (χ3v) is 3.41. The van der Waals surface area contributed by atoms with Gasteiger partial charge in [0.1, 0.15) is 0 Å². The van der Waals surface area contributed by atoms with Crippen LogP contribution in [0, 0.1) is 0 Å². The number of carbonyl (C=O) groups excluding carboxylic acids is 1. The molecule has 0 spiro atoms. The minimum Gasteiger partial charge on any atom is -0.478 e. The summed E-state index contributed by atoms with van der Waals surface area (Å²) in [4.78, 5) is 25.0. The van der Waals surface area contributed by atoms with E-state index in [1.807, 2.05) is 0 Å². The Hall–Kier alpha value is -2.37. The lowest BCUT2D eigenvalue weighted by atomic mass is 10.1. The Morgan fingerprint density at radius 1 is 1.26 bits per heavy atom. The predicted octanol–water partition coefficient (Wildman–Crippen LogP) is 1.50. The molecule has 0 radical (unpaired) electrons. The molecule has 1 aromatic heterocycles. The fourth-order valence-corrected chi connectivity index (χ4v) is 2.38. The van der Waals surface area contributed by atoms with Gasteiger partial charge in [-0.25, -0.2) is 4.79 Å². The van der Waals surface area contributed by atoms with Gasteiger partial charge in [0.25, 0.3) is 5.91 Å². The number of carboxylic acid groups (broad SMARTS) is 1. The van der Waals surface area contributed by atoms with Crippen LogP contribution in [0.3, 0.4) is 0 Å². The van der Waals surface area contributed by atoms with Gasteiger partial charge in [-0.3, -0.25) is 9.89 Å². The quantitative estimate of drug-likeness (QED) is 0.855. The van der Waals surface area contributed by atoms with Crippen molar-refractivity contribution >= 4 is 22.8 Å². The molecule has 0 unspecified atom stereocenters. The Morgan fingerprint density at radius 2 is 2.00 bits per heavy atom. The third-order valence-electron chi connectivity index (χ3n) is 3.41. The number of hydrogen-bond acceptors (Lipinski definition) is 3. The first-order chi connectivity index (χ1) is 9.16. The minimum absolute atomic E-state index is 0.133. The molecule has 2 N–H and O–H groups in total. The molecule has 3 rings (SSSR count). The number of carboxylic acids is 1. The van der Waals surface area contributed by atoms with Crippen molar-refractivity contribution in [2.24, 2.45) is 0 Å². The maximum atomic E-state index is 12.3. The minimum atomic E-state index is -1.01. The molecule has 1 aromatic carbocycles. The number of likely N-dealkylation sites (tertiary alicyclic amines) is 1. The van der Waals surface area contributed by atoms with Crippen molar-refractivity contribution in [1.29, 1.82) is 0 Å². The standard InChI is InChI=1S/C13H13N3O3/c17-12(16-5-1-2-6-16)11-9-7-8(13(18)19)3-4-10(9)14-15-11/h3-4,7H,1-2,5-6H2,(H,14,15)(H,18,19). The van der Waals surface area contributed by atoms with E-state index in [2.05, 4.69) is 10.2 Å². The number of fused-ring (bicyclic) bond motifs is 1. The van der Waals surface area contributed by atoms with Gasteiger partial charge in [0.2, 0.25) is 0 Å². The molecular formula is C13H13N3O3. The summed E-state index contributed by atoms with van der Waals surface area (Å²) in [6.07, 6.45) is 2.02. The smallest absolute Gasteiger partial charge is 0.335 e. The molecule has 0 saturated carbocycles. The van der Waals surface area contributed by atoms with Crippen molar-refractivity contribution in [3.05, 3.63) is 29.5 Å². The van der Waals surface area contributed by atoms with Crippen LogP contribution >= 0.6 is 0 Å². The van der Waals surface area contributed by atoms with Gasteiger partial charge >= 0.3 is 5.97 Å². The summed E-state index contributed by atoms with van der Waals surface area (Å²) >= 11 is 0. The average Bonchev–Trinajstić information content (AvgIpc) is 3.06. The largest absolute Gasteiger partial charge is 0.478 e. The van der Waals surface area contributed by atoms with Gasteiger partial charge in [-0.2, -0.15) is 5.10 Å². The van der Waals surface area contributed by atoms with E-state index in [0.29, 0.717) is 16.6 Å². The van der Waals surface area contributed by atoms with E-state index in [9.17, 15) is 9.59 Å². The molecule has 6 heteroatoms. The number of nitrogens with one attached hydrogen (secondary N) is 1. The van der Waals surface area contributed by atoms with Crippen LogP contribution in [-0.2, 0) is 0 Å². The summed E-state index contributed by atoms with van der Waals surface area (Å²) in [5, 5.41) is 16.4. The van der Waals surface area contributed by atoms with Crippen molar-refractivity contribution in [1.82, 2.24) is 15.1 Å². The van der Waals surface area contributed by atoms with Gasteiger partial charge in [0.05, 0.1) is 11.1 Å². The van der Waals surface area contributed by atoms with Crippen molar-refractivity contribution in [2.75, 3.05) is 13.1 Å². The molecule has 19 heavy (non-hydrogen) atoms. The number of aromatic amines is 1. The van der Waals surface area contributed by atoms with Gasteiger partial charge in [0.15, 0.2) is 5.69 Å². The molecule has 1 amide bonds. The molecule has 0 atom stereocenters. The van der Waals surface area contributed by atoms with Crippen LogP contribution in [0.4, 0.5) is 0 Å². The first-order valence-corrected chi connectivity index (χ1v) is 6.17. The topological polar surface area (TPSA) is 86.3 Å². The number of H-pyrrole nitrogens is 1. The van der Waals surface area contributed by atoms with Crippen molar-refractivity contribution in [2.45, 2.75) is 12.8 Å². The van der Waals surface area contributed by atoms with Crippen molar-refractivity contribution in [3.63, 3.8) is 0 Å². The number of rotatable bonds is 2. The number of nitrogens with zero attached hydrogens (tertiary/aromatic N) is 2. The second kappa shape index (κ2) is 4.38. The maximum Gasteiger partial charge on any atom is 0.335 e. The van der Waals surface area contributed by atoms with E-state index in [0.717, 1.165) is 25.9 Å². The van der Waals surface area contributed by atoms with Gasteiger partial charge < -0.3 is 10.0 Å². The van der Waals surface area contributed by atoms with E-state index in [1.54, 1.807) is 11.0 Å². The van der Waals surface area contributed by atoms with Gasteiger partial charge in [-0.1, -0.05) is 0 Å². The lowest BCUT2D eigenvalue weighted by Crippen LogP contribution is -2.28. The zero-order valence-corrected chi connectivity index (χ0v) is 10.2. The molecule has 0 aliphatic carbocycles. The summed E-state index contributed by atoms with van der Waals surface area (Å²) in [5.74, 6) is -1.14. The monoisotopic (exact) mass is 259 g/mol. The Bertz CT molecular complexity index is 656. The number of aromatic nitrogens is 2. The molecule has 2 aromatic rings. The highest BCUT2D eigenvalue weighted by Crippen LogP contribution is 2.21. The van der Waals surface area contributed by atoms with Gasteiger partial charge in [0, 0.05) is 18.5 Å². The van der Waals surface area contributed by atoms with E-state index in [4.69, 9.17) is 5.11 Å². The van der Waals surface area contributed by atoms with E-state index < -0.39 is 5.97 Å². The highest BCUT2D eigenvalue weighted by Gasteiger charge is 2.23. The second-order valence-electron chi connectivity index (χ2n) is 4.64. The SMILES string of the molecule is O=C(O)c1ccc2[nH]nc(C(=O)N3CCCC3)c2c1. The molecule has 2 heterocycles. The molecule has 0 bridgehead atoms. The van der Waals surface area contributed by atoms with E-state index in [1.165, 1.54) is 12.1 Å². The van der Waals surface area contributed by atoms with Crippen LogP contribution in [0.15, 0.2) is 18.2 Å². The molecule has 98 valence electrons. The Balaban J connectivity index is 2.05. The Labute approximate surface area is 109 Å². The third kappa shape index (κ3) is 1.95. The van der Waals surface area contributed by atoms with Gasteiger partial charge in [-0.05, 0) is 31.0 Å². The zero-order chi connectivity index (χ0) is 13.4. The first kappa shape index (κ1) is 11.7. The van der Waals surface area contributed by atoms with Gasteiger partial charge in [-0.15, -0.1) is 0 Å². The molecule has 6 nitrogen and oxygen atoms in total. The summed E-state index contributed by atoms with van der Waals surface area (Å²) in [6.45, 7) is 1.48.